The molecule has 0 aliphatic carbocycles. The lowest BCUT2D eigenvalue weighted by molar-refractivity contribution is 0.171. The zero-order valence-corrected chi connectivity index (χ0v) is 13.6. The number of nitrogens with one attached hydrogen (secondary N) is 1. The van der Waals surface area contributed by atoms with Crippen molar-refractivity contribution >= 4 is 11.3 Å². The Bertz CT molecular complexity index is 539. The summed E-state index contributed by atoms with van der Waals surface area (Å²) in [7, 11) is 1.71. The van der Waals surface area contributed by atoms with E-state index in [1.54, 1.807) is 18.4 Å². The minimum atomic E-state index is 0.325. The lowest BCUT2D eigenvalue weighted by atomic mass is 10.2. The van der Waals surface area contributed by atoms with Gasteiger partial charge in [0.1, 0.15) is 10.8 Å². The second-order valence-electron chi connectivity index (χ2n) is 4.84. The van der Waals surface area contributed by atoms with E-state index in [9.17, 15) is 0 Å². The summed E-state index contributed by atoms with van der Waals surface area (Å²) in [4.78, 5) is 4.66. The average Bonchev–Trinajstić information content (AvgIpc) is 2.95. The zero-order valence-electron chi connectivity index (χ0n) is 12.8. The van der Waals surface area contributed by atoms with Crippen LogP contribution >= 0.6 is 11.3 Å². The number of methoxy groups -OCH3 is 1. The molecule has 1 aromatic carbocycles. The van der Waals surface area contributed by atoms with Gasteiger partial charge in [-0.3, -0.25) is 0 Å². The number of ether oxygens (including phenoxy) is 2. The molecule has 0 aliphatic heterocycles. The second-order valence-corrected chi connectivity index (χ2v) is 5.70. The molecule has 0 saturated carbocycles. The van der Waals surface area contributed by atoms with Gasteiger partial charge in [0, 0.05) is 30.6 Å². The van der Waals surface area contributed by atoms with E-state index in [0.717, 1.165) is 28.6 Å². The summed E-state index contributed by atoms with van der Waals surface area (Å²) in [6, 6.07) is 8.39. The summed E-state index contributed by atoms with van der Waals surface area (Å²) in [5, 5.41) is 6.52. The Morgan fingerprint density at radius 1 is 1.29 bits per heavy atom. The summed E-state index contributed by atoms with van der Waals surface area (Å²) >= 11 is 1.66. The molecule has 0 bridgehead atoms. The van der Waals surface area contributed by atoms with Gasteiger partial charge in [-0.25, -0.2) is 4.98 Å². The molecule has 0 saturated heterocycles. The number of aromatic nitrogens is 1. The van der Waals surface area contributed by atoms with Crippen molar-refractivity contribution < 1.29 is 9.47 Å². The van der Waals surface area contributed by atoms with Gasteiger partial charge in [0.25, 0.3) is 0 Å². The fourth-order valence-corrected chi connectivity index (χ4v) is 2.79. The predicted octanol–water partition coefficient (Wildman–Crippen LogP) is 3.33. The summed E-state index contributed by atoms with van der Waals surface area (Å²) in [6.45, 7) is 6.24. The third kappa shape index (κ3) is 4.81. The quantitative estimate of drug-likeness (QED) is 0.812. The van der Waals surface area contributed by atoms with E-state index in [1.165, 1.54) is 0 Å². The molecular weight excluding hydrogens is 284 g/mol. The smallest absolute Gasteiger partial charge is 0.123 e. The molecule has 0 amide bonds. The summed E-state index contributed by atoms with van der Waals surface area (Å²) < 4.78 is 10.6. The minimum Gasteiger partial charge on any atom is -0.494 e. The highest BCUT2D eigenvalue weighted by Crippen LogP contribution is 2.25. The van der Waals surface area contributed by atoms with E-state index in [4.69, 9.17) is 9.47 Å². The molecule has 114 valence electrons. The molecule has 0 aliphatic rings. The molecule has 5 heteroatoms. The monoisotopic (exact) mass is 306 g/mol. The van der Waals surface area contributed by atoms with Crippen molar-refractivity contribution in [2.45, 2.75) is 26.4 Å². The van der Waals surface area contributed by atoms with Gasteiger partial charge in [0.05, 0.1) is 18.9 Å². The van der Waals surface area contributed by atoms with Crippen LogP contribution < -0.4 is 10.1 Å². The first-order chi connectivity index (χ1) is 10.2. The lowest BCUT2D eigenvalue weighted by Crippen LogP contribution is -2.29. The first-order valence-corrected chi connectivity index (χ1v) is 8.00. The Hall–Kier alpha value is -1.43. The molecule has 2 rings (SSSR count). The van der Waals surface area contributed by atoms with Crippen LogP contribution in [0.4, 0.5) is 0 Å². The van der Waals surface area contributed by atoms with E-state index < -0.39 is 0 Å². The zero-order chi connectivity index (χ0) is 15.1. The van der Waals surface area contributed by atoms with Crippen LogP contribution in [0.1, 0.15) is 19.5 Å². The molecule has 2 aromatic rings. The largest absolute Gasteiger partial charge is 0.494 e. The normalized spacial score (nSPS) is 12.3. The van der Waals surface area contributed by atoms with Crippen molar-refractivity contribution in [2.75, 3.05) is 20.3 Å². The van der Waals surface area contributed by atoms with Crippen molar-refractivity contribution in [3.63, 3.8) is 0 Å². The topological polar surface area (TPSA) is 43.4 Å². The average molecular weight is 306 g/mol. The van der Waals surface area contributed by atoms with Gasteiger partial charge in [-0.2, -0.15) is 0 Å². The molecule has 1 heterocycles. The maximum atomic E-state index is 5.45. The van der Waals surface area contributed by atoms with Gasteiger partial charge in [-0.15, -0.1) is 11.3 Å². The second kappa shape index (κ2) is 8.12. The van der Waals surface area contributed by atoms with Gasteiger partial charge in [0.15, 0.2) is 0 Å². The maximum absolute atomic E-state index is 5.45. The number of nitrogens with zero attached hydrogens (tertiary/aromatic N) is 1. The van der Waals surface area contributed by atoms with Crippen LogP contribution in [0.2, 0.25) is 0 Å². The maximum Gasteiger partial charge on any atom is 0.123 e. The van der Waals surface area contributed by atoms with Crippen LogP contribution in [0.25, 0.3) is 10.6 Å². The summed E-state index contributed by atoms with van der Waals surface area (Å²) in [6.07, 6.45) is 0. The van der Waals surface area contributed by atoms with E-state index in [-0.39, 0.29) is 0 Å². The Morgan fingerprint density at radius 2 is 2.05 bits per heavy atom. The Kier molecular flexibility index (Phi) is 6.17. The Morgan fingerprint density at radius 3 is 2.71 bits per heavy atom. The predicted molar refractivity (Wildman–Crippen MR) is 86.9 cm³/mol. The Balaban J connectivity index is 1.95. The lowest BCUT2D eigenvalue weighted by Gasteiger charge is -2.10. The highest BCUT2D eigenvalue weighted by atomic mass is 32.1. The summed E-state index contributed by atoms with van der Waals surface area (Å²) in [5.74, 6) is 0.896. The molecule has 1 atom stereocenters. The van der Waals surface area contributed by atoms with Gasteiger partial charge < -0.3 is 14.8 Å². The van der Waals surface area contributed by atoms with Gasteiger partial charge in [0.2, 0.25) is 0 Å². The van der Waals surface area contributed by atoms with E-state index in [0.29, 0.717) is 19.3 Å². The highest BCUT2D eigenvalue weighted by molar-refractivity contribution is 7.13. The fraction of sp³-hybridized carbons (Fsp3) is 0.438. The van der Waals surface area contributed by atoms with E-state index in [1.807, 2.05) is 19.1 Å². The minimum absolute atomic E-state index is 0.325. The third-order valence-corrected chi connectivity index (χ3v) is 3.95. The number of rotatable bonds is 8. The Labute approximate surface area is 130 Å². The number of benzene rings is 1. The molecule has 0 spiro atoms. The van der Waals surface area contributed by atoms with Crippen LogP contribution in [-0.2, 0) is 11.3 Å². The third-order valence-electron chi connectivity index (χ3n) is 3.01. The van der Waals surface area contributed by atoms with Crippen LogP contribution in [0.15, 0.2) is 29.6 Å². The standard InChI is InChI=1S/C16H22N2O2S/c1-4-20-15-7-5-13(6-8-15)16-18-14(11-21-16)9-17-12(2)10-19-3/h5-8,11-12,17H,4,9-10H2,1-3H3. The molecule has 4 nitrogen and oxygen atoms in total. The van der Waals surface area contributed by atoms with Gasteiger partial charge in [-0.05, 0) is 38.1 Å². The van der Waals surface area contributed by atoms with Crippen molar-refractivity contribution in [3.8, 4) is 16.3 Å². The number of hydrogen-bond acceptors (Lipinski definition) is 5. The number of hydrogen-bond donors (Lipinski definition) is 1. The summed E-state index contributed by atoms with van der Waals surface area (Å²) in [5.41, 5.74) is 2.19. The molecule has 0 fully saturated rings. The molecule has 1 N–H and O–H groups in total. The highest BCUT2D eigenvalue weighted by Gasteiger charge is 2.06. The van der Waals surface area contributed by atoms with Gasteiger partial charge >= 0.3 is 0 Å². The molecule has 1 unspecified atom stereocenters. The van der Waals surface area contributed by atoms with Gasteiger partial charge in [-0.1, -0.05) is 0 Å². The SMILES string of the molecule is CCOc1ccc(-c2nc(CNC(C)COC)cs2)cc1. The first kappa shape index (κ1) is 15.9. The first-order valence-electron chi connectivity index (χ1n) is 7.13. The van der Waals surface area contributed by atoms with Crippen LogP contribution in [0, 0.1) is 0 Å². The molecular formula is C16H22N2O2S. The van der Waals surface area contributed by atoms with E-state index >= 15 is 0 Å². The van der Waals surface area contributed by atoms with E-state index in [2.05, 4.69) is 34.7 Å². The van der Waals surface area contributed by atoms with Crippen molar-refractivity contribution in [1.82, 2.24) is 10.3 Å². The van der Waals surface area contributed by atoms with Crippen molar-refractivity contribution in [2.24, 2.45) is 0 Å². The van der Waals surface area contributed by atoms with Crippen LogP contribution in [0.5, 0.6) is 5.75 Å². The fourth-order valence-electron chi connectivity index (χ4n) is 1.97. The molecule has 0 radical (unpaired) electrons. The number of thiazole rings is 1. The molecule has 21 heavy (non-hydrogen) atoms. The van der Waals surface area contributed by atoms with Crippen molar-refractivity contribution in [1.29, 1.82) is 0 Å². The van der Waals surface area contributed by atoms with Crippen LogP contribution in [-0.4, -0.2) is 31.3 Å². The molecule has 1 aromatic heterocycles. The van der Waals surface area contributed by atoms with Crippen LogP contribution in [0.3, 0.4) is 0 Å². The van der Waals surface area contributed by atoms with Crippen molar-refractivity contribution in [3.05, 3.63) is 35.3 Å².